The molecule has 0 aliphatic carbocycles. The molecule has 0 unspecified atom stereocenters. The van der Waals surface area contributed by atoms with E-state index in [2.05, 4.69) is 23.4 Å². The van der Waals surface area contributed by atoms with Gasteiger partial charge in [-0.15, -0.1) is 0 Å². The Labute approximate surface area is 162 Å². The second-order valence-electron chi connectivity index (χ2n) is 6.99. The summed E-state index contributed by atoms with van der Waals surface area (Å²) in [7, 11) is 0. The van der Waals surface area contributed by atoms with Crippen LogP contribution in [0.2, 0.25) is 0 Å². The van der Waals surface area contributed by atoms with Gasteiger partial charge < -0.3 is 14.3 Å². The molecule has 4 heteroatoms. The monoisotopic (exact) mass is 367 g/mol. The summed E-state index contributed by atoms with van der Waals surface area (Å²) in [6.45, 7) is 9.77. The average Bonchev–Trinajstić information content (AvgIpc) is 2.65. The van der Waals surface area contributed by atoms with Crippen LogP contribution in [0.1, 0.15) is 33.3 Å². The van der Waals surface area contributed by atoms with Gasteiger partial charge in [-0.1, -0.05) is 47.6 Å². The van der Waals surface area contributed by atoms with E-state index in [1.54, 1.807) is 6.21 Å². The van der Waals surface area contributed by atoms with E-state index in [0.29, 0.717) is 13.2 Å². The van der Waals surface area contributed by atoms with Crippen LogP contribution in [-0.4, -0.2) is 31.6 Å². The smallest absolute Gasteiger partial charge is 0.129 e. The summed E-state index contributed by atoms with van der Waals surface area (Å²) in [6.07, 6.45) is 5.69. The first-order valence-electron chi connectivity index (χ1n) is 9.26. The van der Waals surface area contributed by atoms with E-state index in [-0.39, 0.29) is 5.60 Å². The van der Waals surface area contributed by atoms with Gasteiger partial charge in [0, 0.05) is 12.2 Å². The molecule has 0 radical (unpaired) electrons. The average molecular weight is 367 g/mol. The van der Waals surface area contributed by atoms with Crippen LogP contribution in [0.5, 0.6) is 5.75 Å². The fraction of sp³-hybridized carbons (Fsp3) is 0.348. The molecule has 27 heavy (non-hydrogen) atoms. The van der Waals surface area contributed by atoms with Crippen LogP contribution in [-0.2, 0) is 9.57 Å². The predicted octanol–water partition coefficient (Wildman–Crippen LogP) is 5.47. The molecular weight excluding hydrogens is 338 g/mol. The molecule has 4 nitrogen and oxygen atoms in total. The zero-order chi connectivity index (χ0) is 19.5. The third kappa shape index (κ3) is 7.67. The number of hydrogen-bond acceptors (Lipinski definition) is 4. The quantitative estimate of drug-likeness (QED) is 0.255. The Morgan fingerprint density at radius 1 is 0.926 bits per heavy atom. The molecule has 0 bridgehead atoms. The molecule has 0 saturated heterocycles. The normalized spacial score (nSPS) is 12.0. The first kappa shape index (κ1) is 20.7. The van der Waals surface area contributed by atoms with Crippen LogP contribution in [0.4, 0.5) is 0 Å². The van der Waals surface area contributed by atoms with Gasteiger partial charge >= 0.3 is 0 Å². The molecule has 0 atom stereocenters. The Balaban J connectivity index is 2.01. The SMILES string of the molecule is CCOC/C=C/COc1ccc(-c2ccccc2/C=N\OC(C)(C)C)cc1. The number of ether oxygens (including phenoxy) is 2. The Kier molecular flexibility index (Phi) is 8.08. The van der Waals surface area contributed by atoms with Crippen molar-refractivity contribution in [1.29, 1.82) is 0 Å². The highest BCUT2D eigenvalue weighted by atomic mass is 16.6. The topological polar surface area (TPSA) is 40.0 Å². The lowest BCUT2D eigenvalue weighted by Crippen LogP contribution is -2.15. The summed E-state index contributed by atoms with van der Waals surface area (Å²) >= 11 is 0. The van der Waals surface area contributed by atoms with E-state index in [1.807, 2.05) is 70.2 Å². The molecular formula is C23H29NO3. The van der Waals surface area contributed by atoms with E-state index < -0.39 is 0 Å². The summed E-state index contributed by atoms with van der Waals surface area (Å²) in [5.74, 6) is 0.835. The van der Waals surface area contributed by atoms with Gasteiger partial charge in [-0.2, -0.15) is 0 Å². The molecule has 0 spiro atoms. The number of hydrogen-bond donors (Lipinski definition) is 0. The molecule has 0 aliphatic rings. The minimum atomic E-state index is -0.304. The van der Waals surface area contributed by atoms with Crippen molar-refractivity contribution in [2.75, 3.05) is 19.8 Å². The Hall–Kier alpha value is -2.59. The molecule has 0 aliphatic heterocycles. The highest BCUT2D eigenvalue weighted by molar-refractivity contribution is 5.90. The maximum absolute atomic E-state index is 5.72. The lowest BCUT2D eigenvalue weighted by atomic mass is 10.0. The van der Waals surface area contributed by atoms with Crippen LogP contribution in [0.25, 0.3) is 11.1 Å². The summed E-state index contributed by atoms with van der Waals surface area (Å²) in [5.41, 5.74) is 2.91. The highest BCUT2D eigenvalue weighted by Crippen LogP contribution is 2.25. The molecule has 0 aromatic heterocycles. The van der Waals surface area contributed by atoms with Gasteiger partial charge in [-0.05, 0) is 57.0 Å². The summed E-state index contributed by atoms with van der Waals surface area (Å²) in [6, 6.07) is 16.2. The highest BCUT2D eigenvalue weighted by Gasteiger charge is 2.10. The first-order valence-corrected chi connectivity index (χ1v) is 9.26. The van der Waals surface area contributed by atoms with E-state index >= 15 is 0 Å². The summed E-state index contributed by atoms with van der Waals surface area (Å²) in [4.78, 5) is 5.46. The van der Waals surface area contributed by atoms with Gasteiger partial charge in [0.25, 0.3) is 0 Å². The number of nitrogens with zero attached hydrogens (tertiary/aromatic N) is 1. The van der Waals surface area contributed by atoms with Gasteiger partial charge in [0.05, 0.1) is 12.8 Å². The molecule has 0 N–H and O–H groups in total. The van der Waals surface area contributed by atoms with Gasteiger partial charge in [-0.25, -0.2) is 0 Å². The van der Waals surface area contributed by atoms with Crippen molar-refractivity contribution in [2.24, 2.45) is 5.16 Å². The number of rotatable bonds is 9. The van der Waals surface area contributed by atoms with E-state index in [4.69, 9.17) is 14.3 Å². The van der Waals surface area contributed by atoms with E-state index in [0.717, 1.165) is 29.0 Å². The first-order chi connectivity index (χ1) is 13.0. The van der Waals surface area contributed by atoms with Gasteiger partial charge in [0.15, 0.2) is 0 Å². The van der Waals surface area contributed by atoms with Crippen molar-refractivity contribution < 1.29 is 14.3 Å². The van der Waals surface area contributed by atoms with Crippen LogP contribution < -0.4 is 4.74 Å². The maximum atomic E-state index is 5.72. The maximum Gasteiger partial charge on any atom is 0.129 e. The number of oxime groups is 1. The molecule has 144 valence electrons. The summed E-state index contributed by atoms with van der Waals surface area (Å²) in [5, 5.41) is 4.12. The number of benzene rings is 2. The van der Waals surface area contributed by atoms with Gasteiger partial charge in [-0.3, -0.25) is 0 Å². The van der Waals surface area contributed by atoms with Crippen molar-refractivity contribution in [1.82, 2.24) is 0 Å². The molecule has 2 aromatic rings. The molecule has 2 rings (SSSR count). The zero-order valence-electron chi connectivity index (χ0n) is 16.6. The second-order valence-corrected chi connectivity index (χ2v) is 6.99. The largest absolute Gasteiger partial charge is 0.490 e. The van der Waals surface area contributed by atoms with E-state index in [9.17, 15) is 0 Å². The standard InChI is InChI=1S/C23H29NO3/c1-5-25-16-8-9-17-26-21-14-12-19(13-15-21)22-11-7-6-10-20(22)18-24-27-23(2,3)4/h6-15,18H,5,16-17H2,1-4H3/b9-8+,24-18-. The Morgan fingerprint density at radius 3 is 2.33 bits per heavy atom. The second kappa shape index (κ2) is 10.5. The fourth-order valence-corrected chi connectivity index (χ4v) is 2.31. The molecule has 0 heterocycles. The molecule has 0 saturated carbocycles. The minimum Gasteiger partial charge on any atom is -0.490 e. The predicted molar refractivity (Wildman–Crippen MR) is 111 cm³/mol. The molecule has 0 amide bonds. The zero-order valence-corrected chi connectivity index (χ0v) is 16.6. The van der Waals surface area contributed by atoms with Crippen LogP contribution in [0, 0.1) is 0 Å². The van der Waals surface area contributed by atoms with Gasteiger partial charge in [0.2, 0.25) is 0 Å². The van der Waals surface area contributed by atoms with Crippen molar-refractivity contribution in [3.8, 4) is 16.9 Å². The van der Waals surface area contributed by atoms with Crippen LogP contribution in [0.15, 0.2) is 65.8 Å². The van der Waals surface area contributed by atoms with Crippen LogP contribution >= 0.6 is 0 Å². The van der Waals surface area contributed by atoms with Gasteiger partial charge in [0.1, 0.15) is 18.0 Å². The third-order valence-corrected chi connectivity index (χ3v) is 3.58. The van der Waals surface area contributed by atoms with Crippen LogP contribution in [0.3, 0.4) is 0 Å². The lowest BCUT2D eigenvalue weighted by Gasteiger charge is -2.15. The van der Waals surface area contributed by atoms with Crippen molar-refractivity contribution in [2.45, 2.75) is 33.3 Å². The third-order valence-electron chi connectivity index (χ3n) is 3.58. The molecule has 0 fully saturated rings. The Bertz CT molecular complexity index is 743. The fourth-order valence-electron chi connectivity index (χ4n) is 2.31. The van der Waals surface area contributed by atoms with Crippen molar-refractivity contribution in [3.63, 3.8) is 0 Å². The minimum absolute atomic E-state index is 0.304. The van der Waals surface area contributed by atoms with Crippen molar-refractivity contribution in [3.05, 3.63) is 66.2 Å². The Morgan fingerprint density at radius 2 is 1.63 bits per heavy atom. The van der Waals surface area contributed by atoms with E-state index in [1.165, 1.54) is 0 Å². The van der Waals surface area contributed by atoms with Crippen molar-refractivity contribution >= 4 is 6.21 Å². The lowest BCUT2D eigenvalue weighted by molar-refractivity contribution is 0.00199. The summed E-state index contributed by atoms with van der Waals surface area (Å²) < 4.78 is 11.0. The molecule has 2 aromatic carbocycles.